The Balaban J connectivity index is 1.55. The fourth-order valence-electron chi connectivity index (χ4n) is 3.08. The van der Waals surface area contributed by atoms with Crippen molar-refractivity contribution < 1.29 is 18.5 Å². The highest BCUT2D eigenvalue weighted by atomic mass is 19.1. The van der Waals surface area contributed by atoms with Gasteiger partial charge in [-0.25, -0.2) is 9.18 Å². The van der Waals surface area contributed by atoms with Crippen LogP contribution in [-0.2, 0) is 11.3 Å². The number of aryl methyl sites for hydroxylation is 1. The van der Waals surface area contributed by atoms with Crippen LogP contribution in [0.3, 0.4) is 0 Å². The number of hydrogen-bond acceptors (Lipinski definition) is 5. The van der Waals surface area contributed by atoms with Gasteiger partial charge in [0.2, 0.25) is 11.7 Å². The van der Waals surface area contributed by atoms with Crippen molar-refractivity contribution in [3.05, 3.63) is 65.8 Å². The summed E-state index contributed by atoms with van der Waals surface area (Å²) in [5.41, 5.74) is 2.28. The molecule has 3 amide bonds. The number of nitrogens with zero attached hydrogens (tertiary/aromatic N) is 4. The van der Waals surface area contributed by atoms with Crippen LogP contribution in [0, 0.1) is 12.7 Å². The summed E-state index contributed by atoms with van der Waals surface area (Å²) in [6.45, 7) is 3.50. The Morgan fingerprint density at radius 3 is 2.43 bits per heavy atom. The van der Waals surface area contributed by atoms with E-state index in [1.54, 1.807) is 19.1 Å². The number of halogens is 1. The minimum atomic E-state index is -0.630. The molecule has 1 atom stereocenters. The van der Waals surface area contributed by atoms with Crippen molar-refractivity contribution >= 4 is 17.6 Å². The molecule has 0 bridgehead atoms. The zero-order valence-electron chi connectivity index (χ0n) is 15.3. The first-order chi connectivity index (χ1) is 13.4. The highest BCUT2D eigenvalue weighted by Crippen LogP contribution is 2.27. The summed E-state index contributed by atoms with van der Waals surface area (Å²) >= 11 is 0. The second-order valence-electron chi connectivity index (χ2n) is 6.61. The van der Waals surface area contributed by atoms with Crippen LogP contribution in [0.4, 0.5) is 14.9 Å². The quantitative estimate of drug-likeness (QED) is 0.647. The van der Waals surface area contributed by atoms with Crippen molar-refractivity contribution in [2.45, 2.75) is 26.4 Å². The van der Waals surface area contributed by atoms with Crippen LogP contribution in [0.25, 0.3) is 11.4 Å². The Bertz CT molecular complexity index is 1030. The number of carbonyl (C=O) groups excluding carboxylic acids is 2. The van der Waals surface area contributed by atoms with Gasteiger partial charge in [-0.15, -0.1) is 0 Å². The molecule has 1 aliphatic rings. The number of aromatic nitrogens is 2. The predicted octanol–water partition coefficient (Wildman–Crippen LogP) is 3.54. The Labute approximate surface area is 160 Å². The van der Waals surface area contributed by atoms with E-state index in [4.69, 9.17) is 4.52 Å². The molecule has 1 aliphatic heterocycles. The molecule has 1 aromatic heterocycles. The molecule has 28 heavy (non-hydrogen) atoms. The number of imide groups is 1. The molecular formula is C20H17FN4O3. The molecule has 0 aliphatic carbocycles. The third-order valence-electron chi connectivity index (χ3n) is 4.62. The molecule has 0 spiro atoms. The summed E-state index contributed by atoms with van der Waals surface area (Å²) in [5, 5.41) is 3.84. The van der Waals surface area contributed by atoms with E-state index in [-0.39, 0.29) is 30.0 Å². The standard InChI is InChI=1S/C20H17FN4O3/c1-12-3-9-16(10-4-12)25-13(2)19(26)24(20(25)27)11-17-22-18(23-28-17)14-5-7-15(21)8-6-14/h3-10,13H,11H2,1-2H3/t13-/m1/s1. The smallest absolute Gasteiger partial charge is 0.332 e. The lowest BCUT2D eigenvalue weighted by Gasteiger charge is -2.19. The first kappa shape index (κ1) is 17.8. The van der Waals surface area contributed by atoms with Crippen LogP contribution in [0.1, 0.15) is 18.4 Å². The summed E-state index contributed by atoms with van der Waals surface area (Å²) < 4.78 is 18.2. The third-order valence-corrected chi connectivity index (χ3v) is 4.62. The van der Waals surface area contributed by atoms with E-state index < -0.39 is 12.1 Å². The van der Waals surface area contributed by atoms with Gasteiger partial charge in [-0.05, 0) is 50.2 Å². The van der Waals surface area contributed by atoms with Gasteiger partial charge in [0.15, 0.2) is 0 Å². The Morgan fingerprint density at radius 1 is 1.07 bits per heavy atom. The molecule has 1 fully saturated rings. The van der Waals surface area contributed by atoms with Crippen molar-refractivity contribution in [1.82, 2.24) is 15.0 Å². The van der Waals surface area contributed by atoms with E-state index in [0.29, 0.717) is 11.3 Å². The van der Waals surface area contributed by atoms with Crippen molar-refractivity contribution in [2.75, 3.05) is 4.90 Å². The average Bonchev–Trinajstić information content (AvgIpc) is 3.23. The monoisotopic (exact) mass is 380 g/mol. The molecular weight excluding hydrogens is 363 g/mol. The normalized spacial score (nSPS) is 16.9. The molecule has 0 radical (unpaired) electrons. The molecule has 0 unspecified atom stereocenters. The SMILES string of the molecule is Cc1ccc(N2C(=O)N(Cc3nc(-c4ccc(F)cc4)no3)C(=O)[C@H]2C)cc1. The number of hydrogen-bond donors (Lipinski definition) is 0. The molecule has 1 saturated heterocycles. The van der Waals surface area contributed by atoms with Crippen molar-refractivity contribution in [3.8, 4) is 11.4 Å². The van der Waals surface area contributed by atoms with E-state index in [2.05, 4.69) is 10.1 Å². The lowest BCUT2D eigenvalue weighted by Crippen LogP contribution is -2.33. The fourth-order valence-corrected chi connectivity index (χ4v) is 3.08. The molecule has 2 aromatic carbocycles. The number of amides is 3. The minimum absolute atomic E-state index is 0.124. The van der Waals surface area contributed by atoms with E-state index in [1.165, 1.54) is 29.2 Å². The van der Waals surface area contributed by atoms with Gasteiger partial charge < -0.3 is 4.52 Å². The van der Waals surface area contributed by atoms with E-state index in [1.807, 2.05) is 19.1 Å². The lowest BCUT2D eigenvalue weighted by atomic mass is 10.2. The average molecular weight is 380 g/mol. The maximum absolute atomic E-state index is 13.0. The first-order valence-corrected chi connectivity index (χ1v) is 8.74. The van der Waals surface area contributed by atoms with E-state index >= 15 is 0 Å². The summed E-state index contributed by atoms with van der Waals surface area (Å²) in [6.07, 6.45) is 0. The Kier molecular flexibility index (Phi) is 4.38. The van der Waals surface area contributed by atoms with E-state index in [9.17, 15) is 14.0 Å². The number of urea groups is 1. The molecule has 8 heteroatoms. The zero-order valence-corrected chi connectivity index (χ0v) is 15.3. The minimum Gasteiger partial charge on any atom is -0.337 e. The predicted molar refractivity (Wildman–Crippen MR) is 98.8 cm³/mol. The highest BCUT2D eigenvalue weighted by molar-refractivity contribution is 6.13. The van der Waals surface area contributed by atoms with Gasteiger partial charge in [0.05, 0.1) is 0 Å². The molecule has 142 valence electrons. The van der Waals surface area contributed by atoms with E-state index in [0.717, 1.165) is 10.5 Å². The van der Waals surface area contributed by atoms with Gasteiger partial charge in [-0.3, -0.25) is 14.6 Å². The number of carbonyl (C=O) groups is 2. The zero-order chi connectivity index (χ0) is 19.8. The summed E-state index contributed by atoms with van der Waals surface area (Å²) in [4.78, 5) is 32.2. The number of benzene rings is 2. The van der Waals surface area contributed by atoms with Crippen LogP contribution in [0.2, 0.25) is 0 Å². The Hall–Kier alpha value is -3.55. The molecule has 4 rings (SSSR count). The van der Waals surface area contributed by atoms with Crippen LogP contribution in [0.15, 0.2) is 53.1 Å². The molecule has 7 nitrogen and oxygen atoms in total. The maximum Gasteiger partial charge on any atom is 0.332 e. The number of rotatable bonds is 4. The van der Waals surface area contributed by atoms with Crippen LogP contribution in [-0.4, -0.2) is 33.0 Å². The van der Waals surface area contributed by atoms with Gasteiger partial charge in [-0.2, -0.15) is 4.98 Å². The third kappa shape index (κ3) is 3.13. The van der Waals surface area contributed by atoms with Crippen LogP contribution >= 0.6 is 0 Å². The lowest BCUT2D eigenvalue weighted by molar-refractivity contribution is -0.127. The summed E-state index contributed by atoms with van der Waals surface area (Å²) in [6, 6.07) is 11.9. The van der Waals surface area contributed by atoms with Gasteiger partial charge in [-0.1, -0.05) is 22.9 Å². The molecule has 0 N–H and O–H groups in total. The highest BCUT2D eigenvalue weighted by Gasteiger charge is 2.44. The molecule has 3 aromatic rings. The van der Waals surface area contributed by atoms with Crippen LogP contribution < -0.4 is 4.90 Å². The second kappa shape index (κ2) is 6.88. The topological polar surface area (TPSA) is 79.5 Å². The van der Waals surface area contributed by atoms with Gasteiger partial charge in [0, 0.05) is 11.3 Å². The second-order valence-corrected chi connectivity index (χ2v) is 6.61. The van der Waals surface area contributed by atoms with Crippen LogP contribution in [0.5, 0.6) is 0 Å². The molecule has 2 heterocycles. The first-order valence-electron chi connectivity index (χ1n) is 8.74. The summed E-state index contributed by atoms with van der Waals surface area (Å²) in [7, 11) is 0. The fraction of sp³-hybridized carbons (Fsp3) is 0.200. The summed E-state index contributed by atoms with van der Waals surface area (Å²) in [5.74, 6) is -0.325. The van der Waals surface area contributed by atoms with Gasteiger partial charge in [0.1, 0.15) is 18.4 Å². The van der Waals surface area contributed by atoms with Gasteiger partial charge >= 0.3 is 6.03 Å². The van der Waals surface area contributed by atoms with Gasteiger partial charge in [0.25, 0.3) is 5.91 Å². The maximum atomic E-state index is 13.0. The van der Waals surface area contributed by atoms with Crippen molar-refractivity contribution in [3.63, 3.8) is 0 Å². The van der Waals surface area contributed by atoms with Crippen molar-refractivity contribution in [2.24, 2.45) is 0 Å². The number of anilines is 1. The van der Waals surface area contributed by atoms with Crippen molar-refractivity contribution in [1.29, 1.82) is 0 Å². The Morgan fingerprint density at radius 2 is 1.75 bits per heavy atom. The molecule has 0 saturated carbocycles. The largest absolute Gasteiger partial charge is 0.337 e.